The molecule has 0 aliphatic heterocycles. The van der Waals surface area contributed by atoms with Gasteiger partial charge in [0.1, 0.15) is 11.5 Å². The number of phenolic OH excluding ortho intramolecular Hbond substituents is 1. The van der Waals surface area contributed by atoms with Crippen molar-refractivity contribution >= 4 is 5.91 Å². The van der Waals surface area contributed by atoms with Crippen LogP contribution in [0.3, 0.4) is 0 Å². The first-order chi connectivity index (χ1) is 9.46. The summed E-state index contributed by atoms with van der Waals surface area (Å²) in [5, 5.41) is 12.8. The second-order valence-corrected chi connectivity index (χ2v) is 5.02. The number of rotatable bonds is 7. The van der Waals surface area contributed by atoms with E-state index < -0.39 is 0 Å². The first-order valence-corrected chi connectivity index (χ1v) is 6.83. The van der Waals surface area contributed by atoms with Crippen molar-refractivity contribution in [1.82, 2.24) is 10.2 Å². The van der Waals surface area contributed by atoms with Gasteiger partial charge in [-0.2, -0.15) is 0 Å². The van der Waals surface area contributed by atoms with E-state index in [1.807, 2.05) is 31.7 Å². The van der Waals surface area contributed by atoms with Crippen LogP contribution in [-0.4, -0.2) is 42.2 Å². The summed E-state index contributed by atoms with van der Waals surface area (Å²) in [6.45, 7) is 7.44. The Morgan fingerprint density at radius 3 is 2.65 bits per heavy atom. The van der Waals surface area contributed by atoms with Crippen LogP contribution < -0.4 is 10.1 Å². The van der Waals surface area contributed by atoms with Crippen LogP contribution in [0.4, 0.5) is 0 Å². The molecule has 0 saturated carbocycles. The number of carbonyl (C=O) groups is 1. The third kappa shape index (κ3) is 5.09. The van der Waals surface area contributed by atoms with Crippen LogP contribution in [0.5, 0.6) is 11.5 Å². The van der Waals surface area contributed by atoms with E-state index in [0.29, 0.717) is 18.8 Å². The minimum atomic E-state index is -0.00477. The molecular formula is C15H24N2O3. The predicted octanol–water partition coefficient (Wildman–Crippen LogP) is 1.75. The van der Waals surface area contributed by atoms with Gasteiger partial charge in [0.25, 0.3) is 0 Å². The zero-order valence-electron chi connectivity index (χ0n) is 12.6. The Balaban J connectivity index is 2.66. The van der Waals surface area contributed by atoms with Crippen LogP contribution in [-0.2, 0) is 11.3 Å². The fraction of sp³-hybridized carbons (Fsp3) is 0.533. The molecule has 0 heterocycles. The molecule has 1 aromatic carbocycles. The summed E-state index contributed by atoms with van der Waals surface area (Å²) >= 11 is 0. The molecule has 20 heavy (non-hydrogen) atoms. The summed E-state index contributed by atoms with van der Waals surface area (Å²) in [5.74, 6) is 0.800. The Kier molecular flexibility index (Phi) is 6.31. The molecule has 0 aromatic heterocycles. The van der Waals surface area contributed by atoms with Gasteiger partial charge < -0.3 is 15.2 Å². The van der Waals surface area contributed by atoms with Crippen LogP contribution >= 0.6 is 0 Å². The minimum Gasteiger partial charge on any atom is -0.507 e. The first kappa shape index (κ1) is 16.3. The fourth-order valence-electron chi connectivity index (χ4n) is 1.90. The number of carbonyl (C=O) groups excluding carboxylic acids is 1. The molecule has 2 N–H and O–H groups in total. The summed E-state index contributed by atoms with van der Waals surface area (Å²) in [7, 11) is 1.56. The second kappa shape index (κ2) is 7.75. The van der Waals surface area contributed by atoms with E-state index >= 15 is 0 Å². The molecule has 0 saturated heterocycles. The van der Waals surface area contributed by atoms with E-state index in [0.717, 1.165) is 12.1 Å². The minimum absolute atomic E-state index is 0.00477. The molecule has 0 unspecified atom stereocenters. The van der Waals surface area contributed by atoms with Crippen LogP contribution in [0.15, 0.2) is 18.2 Å². The van der Waals surface area contributed by atoms with Crippen molar-refractivity contribution in [2.24, 2.45) is 0 Å². The van der Waals surface area contributed by atoms with Gasteiger partial charge in [0.05, 0.1) is 13.7 Å². The van der Waals surface area contributed by atoms with E-state index in [2.05, 4.69) is 5.32 Å². The van der Waals surface area contributed by atoms with Gasteiger partial charge in [0, 0.05) is 24.2 Å². The lowest BCUT2D eigenvalue weighted by molar-refractivity contribution is -0.122. The number of likely N-dealkylation sites (N-methyl/N-ethyl adjacent to an activating group) is 1. The smallest absolute Gasteiger partial charge is 0.234 e. The Morgan fingerprint density at radius 2 is 2.15 bits per heavy atom. The second-order valence-electron chi connectivity index (χ2n) is 5.02. The standard InChI is InChI=1S/C15H24N2O3/c1-5-17(10-15(19)16-11(2)3)9-12-6-7-13(20-4)8-14(12)18/h6-8,11,18H,5,9-10H2,1-4H3,(H,16,19). The van der Waals surface area contributed by atoms with Crippen LogP contribution in [0.2, 0.25) is 0 Å². The molecule has 0 aliphatic carbocycles. The number of nitrogens with one attached hydrogen (secondary N) is 1. The number of ether oxygens (including phenoxy) is 1. The maximum atomic E-state index is 11.8. The Morgan fingerprint density at radius 1 is 1.45 bits per heavy atom. The third-order valence-electron chi connectivity index (χ3n) is 2.95. The zero-order valence-corrected chi connectivity index (χ0v) is 12.6. The lowest BCUT2D eigenvalue weighted by atomic mass is 10.1. The summed E-state index contributed by atoms with van der Waals surface area (Å²) < 4.78 is 5.05. The van der Waals surface area contributed by atoms with Gasteiger partial charge in [-0.15, -0.1) is 0 Å². The van der Waals surface area contributed by atoms with Gasteiger partial charge in [0.2, 0.25) is 5.91 Å². The van der Waals surface area contributed by atoms with E-state index in [1.165, 1.54) is 0 Å². The van der Waals surface area contributed by atoms with Gasteiger partial charge in [-0.3, -0.25) is 9.69 Å². The quantitative estimate of drug-likeness (QED) is 0.799. The van der Waals surface area contributed by atoms with E-state index in [-0.39, 0.29) is 17.7 Å². The predicted molar refractivity (Wildman–Crippen MR) is 78.9 cm³/mol. The van der Waals surface area contributed by atoms with Crippen molar-refractivity contribution in [3.05, 3.63) is 23.8 Å². The average Bonchev–Trinajstić information content (AvgIpc) is 2.38. The molecular weight excluding hydrogens is 256 g/mol. The van der Waals surface area contributed by atoms with Crippen LogP contribution in [0.1, 0.15) is 26.3 Å². The van der Waals surface area contributed by atoms with Gasteiger partial charge in [-0.1, -0.05) is 13.0 Å². The lowest BCUT2D eigenvalue weighted by Crippen LogP contribution is -2.39. The number of methoxy groups -OCH3 is 1. The summed E-state index contributed by atoms with van der Waals surface area (Å²) in [5.41, 5.74) is 0.782. The van der Waals surface area contributed by atoms with Crippen molar-refractivity contribution in [2.75, 3.05) is 20.2 Å². The van der Waals surface area contributed by atoms with Crippen LogP contribution in [0.25, 0.3) is 0 Å². The first-order valence-electron chi connectivity index (χ1n) is 6.83. The molecule has 0 atom stereocenters. The Hall–Kier alpha value is -1.75. The molecule has 0 spiro atoms. The molecule has 0 fully saturated rings. The van der Waals surface area contributed by atoms with E-state index in [1.54, 1.807) is 19.2 Å². The third-order valence-corrected chi connectivity index (χ3v) is 2.95. The molecule has 1 amide bonds. The van der Waals surface area contributed by atoms with Crippen molar-refractivity contribution in [2.45, 2.75) is 33.4 Å². The number of hydrogen-bond acceptors (Lipinski definition) is 4. The molecule has 112 valence electrons. The molecule has 0 bridgehead atoms. The average molecular weight is 280 g/mol. The maximum absolute atomic E-state index is 11.8. The van der Waals surface area contributed by atoms with Crippen molar-refractivity contribution in [1.29, 1.82) is 0 Å². The van der Waals surface area contributed by atoms with Gasteiger partial charge in [-0.25, -0.2) is 0 Å². The van der Waals surface area contributed by atoms with Crippen molar-refractivity contribution in [3.63, 3.8) is 0 Å². The summed E-state index contributed by atoms with van der Waals surface area (Å²) in [4.78, 5) is 13.7. The molecule has 0 radical (unpaired) electrons. The van der Waals surface area contributed by atoms with Crippen LogP contribution in [0, 0.1) is 0 Å². The maximum Gasteiger partial charge on any atom is 0.234 e. The van der Waals surface area contributed by atoms with Gasteiger partial charge >= 0.3 is 0 Å². The number of amides is 1. The highest BCUT2D eigenvalue weighted by molar-refractivity contribution is 5.78. The fourth-order valence-corrected chi connectivity index (χ4v) is 1.90. The van der Waals surface area contributed by atoms with E-state index in [9.17, 15) is 9.90 Å². The monoisotopic (exact) mass is 280 g/mol. The highest BCUT2D eigenvalue weighted by Crippen LogP contribution is 2.24. The Bertz CT molecular complexity index is 447. The largest absolute Gasteiger partial charge is 0.507 e. The molecule has 5 nitrogen and oxygen atoms in total. The number of phenols is 1. The normalized spacial score (nSPS) is 10.9. The number of nitrogens with zero attached hydrogens (tertiary/aromatic N) is 1. The molecule has 1 aromatic rings. The van der Waals surface area contributed by atoms with Crippen molar-refractivity contribution < 1.29 is 14.6 Å². The Labute approximate surface area is 120 Å². The summed E-state index contributed by atoms with van der Waals surface area (Å²) in [6.07, 6.45) is 0. The lowest BCUT2D eigenvalue weighted by Gasteiger charge is -2.21. The number of benzene rings is 1. The van der Waals surface area contributed by atoms with E-state index in [4.69, 9.17) is 4.74 Å². The highest BCUT2D eigenvalue weighted by Gasteiger charge is 2.12. The molecule has 0 aliphatic rings. The number of aromatic hydroxyl groups is 1. The summed E-state index contributed by atoms with van der Waals surface area (Å²) in [6, 6.07) is 5.33. The topological polar surface area (TPSA) is 61.8 Å². The highest BCUT2D eigenvalue weighted by atomic mass is 16.5. The van der Waals surface area contributed by atoms with Gasteiger partial charge in [-0.05, 0) is 26.5 Å². The number of hydrogen-bond donors (Lipinski definition) is 2. The zero-order chi connectivity index (χ0) is 15.1. The van der Waals surface area contributed by atoms with Crippen molar-refractivity contribution in [3.8, 4) is 11.5 Å². The molecule has 5 heteroatoms. The van der Waals surface area contributed by atoms with Gasteiger partial charge in [0.15, 0.2) is 0 Å². The molecule has 1 rings (SSSR count). The SMILES string of the molecule is CCN(CC(=O)NC(C)C)Cc1ccc(OC)cc1O.